The number of nitrogens with zero attached hydrogens (tertiary/aromatic N) is 3. The van der Waals surface area contributed by atoms with Crippen molar-refractivity contribution in [2.75, 3.05) is 0 Å². The second-order valence-electron chi connectivity index (χ2n) is 16.8. The third kappa shape index (κ3) is 4.02. The van der Waals surface area contributed by atoms with E-state index in [2.05, 4.69) is 182 Å². The molecule has 0 unspecified atom stereocenters. The van der Waals surface area contributed by atoms with Crippen molar-refractivity contribution in [3.63, 3.8) is 0 Å². The monoisotopic (exact) mass is 767 g/mol. The molecule has 3 heterocycles. The molecule has 0 spiro atoms. The number of aromatic nitrogens is 3. The minimum atomic E-state index is -0.120. The van der Waals surface area contributed by atoms with Crippen molar-refractivity contribution >= 4 is 107 Å². The first-order valence-corrected chi connectivity index (χ1v) is 21.2. The first-order chi connectivity index (χ1) is 29.0. The summed E-state index contributed by atoms with van der Waals surface area (Å²) in [5, 5.41) is 16.5. The lowest BCUT2D eigenvalue weighted by molar-refractivity contribution is 0.660. The molecule has 0 N–H and O–H groups in total. The van der Waals surface area contributed by atoms with E-state index in [0.29, 0.717) is 5.95 Å². The summed E-state index contributed by atoms with van der Waals surface area (Å²) >= 11 is 1.89. The van der Waals surface area contributed by atoms with E-state index < -0.39 is 0 Å². The summed E-state index contributed by atoms with van der Waals surface area (Å²) in [6.07, 6.45) is 0. The number of rotatable bonds is 2. The number of para-hydroxylation sites is 2. The van der Waals surface area contributed by atoms with Crippen LogP contribution in [0, 0.1) is 0 Å². The van der Waals surface area contributed by atoms with Crippen LogP contribution < -0.4 is 0 Å². The Morgan fingerprint density at radius 2 is 1.07 bits per heavy atom. The molecular formula is C55H33N3S. The SMILES string of the molecule is CC1(C)c2ccccc2-c2ccc(-c3nc(-n4c5ccccc5c5c6cccc7c8cccc9c%10c(cc(c(cc54)c76)c89)sc4ccccc4%10)nc4ccccc34)cc21. The van der Waals surface area contributed by atoms with Crippen LogP contribution in [0.5, 0.6) is 0 Å². The van der Waals surface area contributed by atoms with E-state index in [1.807, 2.05) is 11.3 Å². The molecule has 59 heavy (non-hydrogen) atoms. The van der Waals surface area contributed by atoms with Crippen LogP contribution in [0.1, 0.15) is 25.0 Å². The van der Waals surface area contributed by atoms with Gasteiger partial charge in [0, 0.05) is 47.3 Å². The molecule has 274 valence electrons. The Morgan fingerprint density at radius 3 is 1.92 bits per heavy atom. The Morgan fingerprint density at radius 1 is 0.424 bits per heavy atom. The smallest absolute Gasteiger partial charge is 0.235 e. The van der Waals surface area contributed by atoms with Gasteiger partial charge in [0.05, 0.1) is 22.2 Å². The maximum atomic E-state index is 5.60. The summed E-state index contributed by atoms with van der Waals surface area (Å²) < 4.78 is 4.97. The van der Waals surface area contributed by atoms with Gasteiger partial charge in [-0.15, -0.1) is 11.3 Å². The van der Waals surface area contributed by atoms with Crippen molar-refractivity contribution in [3.8, 4) is 28.3 Å². The molecule has 14 rings (SSSR count). The van der Waals surface area contributed by atoms with Crippen LogP contribution in [-0.4, -0.2) is 14.5 Å². The third-order valence-electron chi connectivity index (χ3n) is 13.5. The highest BCUT2D eigenvalue weighted by atomic mass is 32.1. The fourth-order valence-electron chi connectivity index (χ4n) is 11.0. The molecule has 13 aromatic rings. The number of thiophene rings is 1. The predicted octanol–water partition coefficient (Wildman–Crippen LogP) is 15.1. The van der Waals surface area contributed by atoms with Gasteiger partial charge in [-0.25, -0.2) is 9.97 Å². The molecule has 0 aliphatic heterocycles. The molecule has 0 bridgehead atoms. The number of fused-ring (bicyclic) bond motifs is 14. The van der Waals surface area contributed by atoms with Crippen LogP contribution in [0.15, 0.2) is 164 Å². The second-order valence-corrected chi connectivity index (χ2v) is 17.9. The average molecular weight is 768 g/mol. The van der Waals surface area contributed by atoms with Crippen molar-refractivity contribution in [1.82, 2.24) is 14.5 Å². The largest absolute Gasteiger partial charge is 0.278 e. The van der Waals surface area contributed by atoms with Gasteiger partial charge in [0.2, 0.25) is 5.95 Å². The molecule has 3 nitrogen and oxygen atoms in total. The van der Waals surface area contributed by atoms with E-state index in [4.69, 9.17) is 9.97 Å². The minimum absolute atomic E-state index is 0.120. The fourth-order valence-corrected chi connectivity index (χ4v) is 12.1. The van der Waals surface area contributed by atoms with Crippen LogP contribution in [0.3, 0.4) is 0 Å². The number of hydrogen-bond acceptors (Lipinski definition) is 3. The normalized spacial score (nSPS) is 13.7. The molecule has 1 aliphatic rings. The van der Waals surface area contributed by atoms with Crippen LogP contribution >= 0.6 is 11.3 Å². The van der Waals surface area contributed by atoms with Crippen molar-refractivity contribution in [3.05, 3.63) is 175 Å². The highest BCUT2D eigenvalue weighted by Crippen LogP contribution is 2.51. The van der Waals surface area contributed by atoms with Crippen LogP contribution in [0.4, 0.5) is 0 Å². The van der Waals surface area contributed by atoms with Crippen molar-refractivity contribution in [2.45, 2.75) is 19.3 Å². The van der Waals surface area contributed by atoms with Crippen molar-refractivity contribution < 1.29 is 0 Å². The maximum Gasteiger partial charge on any atom is 0.235 e. The van der Waals surface area contributed by atoms with E-state index in [9.17, 15) is 0 Å². The molecule has 0 radical (unpaired) electrons. The zero-order chi connectivity index (χ0) is 38.7. The molecule has 0 saturated heterocycles. The molecule has 4 heteroatoms. The summed E-state index contributed by atoms with van der Waals surface area (Å²) in [7, 11) is 0. The van der Waals surface area contributed by atoms with E-state index in [1.54, 1.807) is 0 Å². The molecule has 3 aromatic heterocycles. The van der Waals surface area contributed by atoms with Gasteiger partial charge in [-0.3, -0.25) is 4.57 Å². The highest BCUT2D eigenvalue weighted by Gasteiger charge is 2.35. The van der Waals surface area contributed by atoms with Gasteiger partial charge in [-0.2, -0.15) is 0 Å². The minimum Gasteiger partial charge on any atom is -0.278 e. The van der Waals surface area contributed by atoms with E-state index in [0.717, 1.165) is 33.2 Å². The Bertz CT molecular complexity index is 4000. The van der Waals surface area contributed by atoms with Crippen LogP contribution in [0.25, 0.3) is 124 Å². The molecule has 0 amide bonds. The maximum absolute atomic E-state index is 5.60. The molecule has 10 aromatic carbocycles. The van der Waals surface area contributed by atoms with E-state index >= 15 is 0 Å². The van der Waals surface area contributed by atoms with Crippen LogP contribution in [0.2, 0.25) is 0 Å². The molecule has 1 aliphatic carbocycles. The standard InChI is InChI=1S/C55H33N3S/c1-55(2)42-21-7-3-13-31(42)32-26-25-30(27-43(32)55)53-35-14-4-8-22-44(35)56-54(57-53)58-45-23-9-5-15-36(45)51-38-19-11-17-33-34-18-12-20-39-50(34)41(40(49(33)38)28-46(51)58)29-48-52(39)37-16-6-10-24-47(37)59-48/h3-29H,1-2H3. The van der Waals surface area contributed by atoms with E-state index in [1.165, 1.54) is 96.3 Å². The predicted molar refractivity (Wildman–Crippen MR) is 251 cm³/mol. The lowest BCUT2D eigenvalue weighted by Gasteiger charge is -2.22. The lowest BCUT2D eigenvalue weighted by Crippen LogP contribution is -2.15. The van der Waals surface area contributed by atoms with Crippen LogP contribution in [-0.2, 0) is 5.41 Å². The van der Waals surface area contributed by atoms with E-state index in [-0.39, 0.29) is 5.41 Å². The van der Waals surface area contributed by atoms with Gasteiger partial charge in [-0.05, 0) is 102 Å². The number of hydrogen-bond donors (Lipinski definition) is 0. The lowest BCUT2D eigenvalue weighted by atomic mass is 9.82. The average Bonchev–Trinajstić information content (AvgIpc) is 3.90. The molecule has 0 saturated carbocycles. The van der Waals surface area contributed by atoms with Gasteiger partial charge < -0.3 is 0 Å². The summed E-state index contributed by atoms with van der Waals surface area (Å²) in [6, 6.07) is 60.6. The summed E-state index contributed by atoms with van der Waals surface area (Å²) in [6.45, 7) is 4.69. The first-order valence-electron chi connectivity index (χ1n) is 20.4. The van der Waals surface area contributed by atoms with Gasteiger partial charge in [0.15, 0.2) is 0 Å². The van der Waals surface area contributed by atoms with Crippen molar-refractivity contribution in [2.24, 2.45) is 0 Å². The summed E-state index contributed by atoms with van der Waals surface area (Å²) in [5.41, 5.74) is 10.4. The Hall–Kier alpha value is -7.14. The molecular weight excluding hydrogens is 735 g/mol. The first kappa shape index (κ1) is 31.9. The molecule has 0 atom stereocenters. The second kappa shape index (κ2) is 11.1. The third-order valence-corrected chi connectivity index (χ3v) is 14.6. The highest BCUT2D eigenvalue weighted by molar-refractivity contribution is 7.26. The zero-order valence-corrected chi connectivity index (χ0v) is 33.2. The fraction of sp³-hybridized carbons (Fsp3) is 0.0545. The summed E-state index contributed by atoms with van der Waals surface area (Å²) in [4.78, 5) is 11.0. The van der Waals surface area contributed by atoms with Gasteiger partial charge in [0.1, 0.15) is 0 Å². The Labute approximate surface area is 342 Å². The topological polar surface area (TPSA) is 30.7 Å². The summed E-state index contributed by atoms with van der Waals surface area (Å²) in [5.74, 6) is 0.678. The van der Waals surface area contributed by atoms with Gasteiger partial charge in [-0.1, -0.05) is 141 Å². The number of benzene rings is 10. The Kier molecular flexibility index (Phi) is 5.98. The van der Waals surface area contributed by atoms with Crippen molar-refractivity contribution in [1.29, 1.82) is 0 Å². The quantitative estimate of drug-likeness (QED) is 0.130. The van der Waals surface area contributed by atoms with Gasteiger partial charge in [0.25, 0.3) is 0 Å². The Balaban J connectivity index is 1.11. The zero-order valence-electron chi connectivity index (χ0n) is 32.3. The van der Waals surface area contributed by atoms with Gasteiger partial charge >= 0.3 is 0 Å². The molecule has 0 fully saturated rings.